The summed E-state index contributed by atoms with van der Waals surface area (Å²) in [7, 11) is 0. The molecule has 1 rings (SSSR count). The second-order valence-corrected chi connectivity index (χ2v) is 5.18. The lowest BCUT2D eigenvalue weighted by molar-refractivity contribution is 0.321. The van der Waals surface area contributed by atoms with E-state index in [0.717, 1.165) is 22.3 Å². The van der Waals surface area contributed by atoms with E-state index in [1.165, 1.54) is 0 Å². The molecule has 5 nitrogen and oxygen atoms in total. The van der Waals surface area contributed by atoms with Crippen LogP contribution in [0.3, 0.4) is 0 Å². The monoisotopic (exact) mass is 373 g/mol. The highest BCUT2D eigenvalue weighted by Gasteiger charge is 2.09. The number of hydrazone groups is 1. The van der Waals surface area contributed by atoms with Crippen molar-refractivity contribution in [2.75, 3.05) is 19.8 Å². The quantitative estimate of drug-likeness (QED) is 0.437. The molecule has 0 atom stereocenters. The van der Waals surface area contributed by atoms with E-state index in [-0.39, 0.29) is 0 Å². The predicted molar refractivity (Wildman–Crippen MR) is 93.5 cm³/mol. The minimum absolute atomic E-state index is 0.483. The fraction of sp³-hybridized carbons (Fsp3) is 0.429. The van der Waals surface area contributed by atoms with Crippen molar-refractivity contribution < 1.29 is 9.47 Å². The van der Waals surface area contributed by atoms with Crippen LogP contribution in [0.5, 0.6) is 11.5 Å². The number of benzene rings is 1. The van der Waals surface area contributed by atoms with Crippen LogP contribution in [0.15, 0.2) is 21.7 Å². The highest BCUT2D eigenvalue weighted by atomic mass is 79.9. The van der Waals surface area contributed by atoms with E-state index >= 15 is 0 Å². The third-order valence-corrected chi connectivity index (χ3v) is 3.23. The molecule has 0 unspecified atom stereocenters. The number of thiocarbonyl (C=S) groups is 1. The van der Waals surface area contributed by atoms with Crippen LogP contribution in [0.25, 0.3) is 0 Å². The Labute approximate surface area is 139 Å². The SMILES string of the molecule is CCNC(=S)N/N=C\c1cc(Br)c(OCC)cc1OCC. The molecule has 0 aliphatic carbocycles. The van der Waals surface area contributed by atoms with Crippen molar-refractivity contribution in [3.63, 3.8) is 0 Å². The number of ether oxygens (including phenoxy) is 2. The number of nitrogens with zero attached hydrogens (tertiary/aromatic N) is 1. The highest BCUT2D eigenvalue weighted by Crippen LogP contribution is 2.32. The molecule has 0 saturated heterocycles. The van der Waals surface area contributed by atoms with Crippen LogP contribution < -0.4 is 20.2 Å². The van der Waals surface area contributed by atoms with Gasteiger partial charge in [0.2, 0.25) is 0 Å². The van der Waals surface area contributed by atoms with Crippen molar-refractivity contribution in [3.8, 4) is 11.5 Å². The summed E-state index contributed by atoms with van der Waals surface area (Å²) in [5.41, 5.74) is 3.58. The van der Waals surface area contributed by atoms with Crippen LogP contribution in [0.2, 0.25) is 0 Å². The Hall–Kier alpha value is -1.34. The summed E-state index contributed by atoms with van der Waals surface area (Å²) in [6, 6.07) is 3.75. The molecule has 0 aliphatic rings. The standard InChI is InChI=1S/C14H20BrN3O2S/c1-4-16-14(21)18-17-9-10-7-11(15)13(20-6-3)8-12(10)19-5-2/h7-9H,4-6H2,1-3H3,(H2,16,18,21)/b17-9-. The van der Waals surface area contributed by atoms with Gasteiger partial charge in [-0.1, -0.05) is 0 Å². The van der Waals surface area contributed by atoms with E-state index in [2.05, 4.69) is 31.8 Å². The molecule has 0 aliphatic heterocycles. The molecule has 0 saturated carbocycles. The van der Waals surface area contributed by atoms with E-state index in [9.17, 15) is 0 Å². The van der Waals surface area contributed by atoms with Gasteiger partial charge in [0.1, 0.15) is 11.5 Å². The zero-order chi connectivity index (χ0) is 15.7. The van der Waals surface area contributed by atoms with Crippen molar-refractivity contribution in [1.29, 1.82) is 0 Å². The summed E-state index contributed by atoms with van der Waals surface area (Å²) in [6.07, 6.45) is 1.66. The Bertz CT molecular complexity index is 509. The lowest BCUT2D eigenvalue weighted by Crippen LogP contribution is -2.31. The van der Waals surface area contributed by atoms with Crippen molar-refractivity contribution in [2.45, 2.75) is 20.8 Å². The first-order chi connectivity index (χ1) is 10.1. The largest absolute Gasteiger partial charge is 0.493 e. The van der Waals surface area contributed by atoms with Gasteiger partial charge >= 0.3 is 0 Å². The zero-order valence-electron chi connectivity index (χ0n) is 12.4. The van der Waals surface area contributed by atoms with Gasteiger partial charge < -0.3 is 14.8 Å². The van der Waals surface area contributed by atoms with Crippen LogP contribution in [0, 0.1) is 0 Å². The van der Waals surface area contributed by atoms with Gasteiger partial charge in [0, 0.05) is 18.2 Å². The number of hydrogen-bond donors (Lipinski definition) is 2. The lowest BCUT2D eigenvalue weighted by Gasteiger charge is -2.12. The fourth-order valence-electron chi connectivity index (χ4n) is 1.56. The molecule has 116 valence electrons. The summed E-state index contributed by atoms with van der Waals surface area (Å²) < 4.78 is 12.0. The van der Waals surface area contributed by atoms with Gasteiger partial charge in [-0.25, -0.2) is 0 Å². The molecule has 1 aromatic carbocycles. The van der Waals surface area contributed by atoms with Crippen LogP contribution in [0.1, 0.15) is 26.3 Å². The van der Waals surface area contributed by atoms with E-state index in [1.807, 2.05) is 32.9 Å². The second-order valence-electron chi connectivity index (χ2n) is 3.92. The lowest BCUT2D eigenvalue weighted by atomic mass is 10.2. The average Bonchev–Trinajstić information content (AvgIpc) is 2.44. The highest BCUT2D eigenvalue weighted by molar-refractivity contribution is 9.10. The molecule has 0 spiro atoms. The Kier molecular flexibility index (Phi) is 8.07. The minimum Gasteiger partial charge on any atom is -0.493 e. The molecular weight excluding hydrogens is 354 g/mol. The van der Waals surface area contributed by atoms with E-state index < -0.39 is 0 Å². The molecule has 21 heavy (non-hydrogen) atoms. The van der Waals surface area contributed by atoms with E-state index in [4.69, 9.17) is 21.7 Å². The number of nitrogens with one attached hydrogen (secondary N) is 2. The van der Waals surface area contributed by atoms with Gasteiger partial charge in [-0.3, -0.25) is 5.43 Å². The smallest absolute Gasteiger partial charge is 0.186 e. The summed E-state index contributed by atoms with van der Waals surface area (Å²) in [5.74, 6) is 1.46. The molecule has 0 aromatic heterocycles. The fourth-order valence-corrected chi connectivity index (χ4v) is 2.23. The second kappa shape index (κ2) is 9.57. The van der Waals surface area contributed by atoms with E-state index in [0.29, 0.717) is 24.1 Å². The Balaban J connectivity index is 2.91. The molecule has 2 N–H and O–H groups in total. The summed E-state index contributed by atoms with van der Waals surface area (Å²) in [4.78, 5) is 0. The van der Waals surface area contributed by atoms with Gasteiger partial charge in [-0.2, -0.15) is 5.10 Å². The molecule has 0 heterocycles. The van der Waals surface area contributed by atoms with E-state index in [1.54, 1.807) is 6.21 Å². The summed E-state index contributed by atoms with van der Waals surface area (Å²) in [5, 5.41) is 7.54. The number of halogens is 1. The maximum atomic E-state index is 5.62. The van der Waals surface area contributed by atoms with Crippen molar-refractivity contribution in [2.24, 2.45) is 5.10 Å². The molecule has 0 bridgehead atoms. The molecule has 0 radical (unpaired) electrons. The maximum Gasteiger partial charge on any atom is 0.186 e. The Morgan fingerprint density at radius 2 is 1.90 bits per heavy atom. The Morgan fingerprint density at radius 3 is 2.52 bits per heavy atom. The Morgan fingerprint density at radius 1 is 1.24 bits per heavy atom. The molecule has 0 fully saturated rings. The van der Waals surface area contributed by atoms with Gasteiger partial charge in [0.15, 0.2) is 5.11 Å². The first-order valence-corrected chi connectivity index (χ1v) is 7.98. The van der Waals surface area contributed by atoms with Crippen molar-refractivity contribution in [3.05, 3.63) is 22.2 Å². The van der Waals surface area contributed by atoms with Gasteiger partial charge in [-0.15, -0.1) is 0 Å². The number of rotatable bonds is 7. The molecule has 7 heteroatoms. The van der Waals surface area contributed by atoms with Gasteiger partial charge in [0.25, 0.3) is 0 Å². The third kappa shape index (κ3) is 5.89. The predicted octanol–water partition coefficient (Wildman–Crippen LogP) is 3.06. The minimum atomic E-state index is 0.483. The van der Waals surface area contributed by atoms with Crippen molar-refractivity contribution in [1.82, 2.24) is 10.7 Å². The summed E-state index contributed by atoms with van der Waals surface area (Å²) in [6.45, 7) is 7.75. The van der Waals surface area contributed by atoms with Crippen LogP contribution in [-0.4, -0.2) is 31.1 Å². The zero-order valence-corrected chi connectivity index (χ0v) is 14.8. The maximum absolute atomic E-state index is 5.62. The van der Waals surface area contributed by atoms with Crippen LogP contribution in [0.4, 0.5) is 0 Å². The first kappa shape index (κ1) is 17.7. The van der Waals surface area contributed by atoms with Crippen molar-refractivity contribution >= 4 is 39.5 Å². The molecular formula is C14H20BrN3O2S. The van der Waals surface area contributed by atoms with Crippen LogP contribution >= 0.6 is 28.1 Å². The third-order valence-electron chi connectivity index (χ3n) is 2.37. The first-order valence-electron chi connectivity index (χ1n) is 6.78. The van der Waals surface area contributed by atoms with Gasteiger partial charge in [0.05, 0.1) is 23.9 Å². The normalized spacial score (nSPS) is 10.5. The summed E-state index contributed by atoms with van der Waals surface area (Å²) >= 11 is 8.52. The molecule has 0 amide bonds. The van der Waals surface area contributed by atoms with Crippen LogP contribution in [-0.2, 0) is 0 Å². The topological polar surface area (TPSA) is 54.9 Å². The molecule has 1 aromatic rings. The van der Waals surface area contributed by atoms with Gasteiger partial charge in [-0.05, 0) is 55.0 Å². The number of hydrogen-bond acceptors (Lipinski definition) is 4. The average molecular weight is 374 g/mol.